The number of hydrogen-bond donors (Lipinski definition) is 0. The molecule has 0 bridgehead atoms. The highest BCUT2D eigenvalue weighted by Crippen LogP contribution is 2.30. The summed E-state index contributed by atoms with van der Waals surface area (Å²) < 4.78 is 10.0. The Labute approximate surface area is 150 Å². The molecular weight excluding hydrogens is 332 g/mol. The molecule has 0 atom stereocenters. The fourth-order valence-electron chi connectivity index (χ4n) is 3.29. The SMILES string of the molecule is CCCn1cnc2c1c(=O)n(CC1CC1)c(=O)n2-c1cccc(OC)c1. The fourth-order valence-corrected chi connectivity index (χ4v) is 3.29. The van der Waals surface area contributed by atoms with Gasteiger partial charge in [-0.25, -0.2) is 14.3 Å². The van der Waals surface area contributed by atoms with Crippen molar-refractivity contribution in [2.75, 3.05) is 7.11 Å². The third-order valence-corrected chi connectivity index (χ3v) is 4.81. The second-order valence-corrected chi connectivity index (χ2v) is 6.79. The van der Waals surface area contributed by atoms with Gasteiger partial charge in [0.25, 0.3) is 5.56 Å². The first-order valence-corrected chi connectivity index (χ1v) is 8.99. The summed E-state index contributed by atoms with van der Waals surface area (Å²) in [5, 5.41) is 0. The largest absolute Gasteiger partial charge is 0.497 e. The van der Waals surface area contributed by atoms with E-state index in [1.165, 1.54) is 9.13 Å². The lowest BCUT2D eigenvalue weighted by Gasteiger charge is -2.13. The van der Waals surface area contributed by atoms with Crippen molar-refractivity contribution < 1.29 is 4.74 Å². The molecule has 0 N–H and O–H groups in total. The van der Waals surface area contributed by atoms with Crippen molar-refractivity contribution in [1.29, 1.82) is 0 Å². The maximum Gasteiger partial charge on any atom is 0.337 e. The van der Waals surface area contributed by atoms with E-state index in [-0.39, 0.29) is 11.2 Å². The van der Waals surface area contributed by atoms with E-state index in [0.717, 1.165) is 19.3 Å². The number of imidazole rings is 1. The van der Waals surface area contributed by atoms with Gasteiger partial charge in [-0.2, -0.15) is 0 Å². The summed E-state index contributed by atoms with van der Waals surface area (Å²) >= 11 is 0. The molecule has 1 aliphatic carbocycles. The Morgan fingerprint density at radius 2 is 2.08 bits per heavy atom. The molecular formula is C19H22N4O3. The number of aryl methyl sites for hydroxylation is 1. The normalized spacial score (nSPS) is 14.1. The van der Waals surface area contributed by atoms with Gasteiger partial charge in [0.15, 0.2) is 11.2 Å². The molecule has 1 fully saturated rings. The van der Waals surface area contributed by atoms with Gasteiger partial charge >= 0.3 is 5.69 Å². The van der Waals surface area contributed by atoms with Crippen molar-refractivity contribution in [1.82, 2.24) is 18.7 Å². The van der Waals surface area contributed by atoms with Crippen LogP contribution in [0.3, 0.4) is 0 Å². The van der Waals surface area contributed by atoms with Crippen LogP contribution in [0.5, 0.6) is 5.75 Å². The van der Waals surface area contributed by atoms with Crippen molar-refractivity contribution in [3.8, 4) is 11.4 Å². The molecule has 1 aliphatic rings. The molecule has 0 aliphatic heterocycles. The first kappa shape index (κ1) is 16.6. The molecule has 1 aromatic carbocycles. The van der Waals surface area contributed by atoms with E-state index in [1.807, 2.05) is 29.7 Å². The smallest absolute Gasteiger partial charge is 0.337 e. The first-order valence-electron chi connectivity index (χ1n) is 8.99. The molecule has 4 rings (SSSR count). The molecule has 0 spiro atoms. The first-order chi connectivity index (χ1) is 12.6. The molecule has 0 amide bonds. The molecule has 7 heteroatoms. The highest BCUT2D eigenvalue weighted by molar-refractivity contribution is 5.72. The zero-order valence-corrected chi connectivity index (χ0v) is 15.0. The number of methoxy groups -OCH3 is 1. The van der Waals surface area contributed by atoms with Crippen molar-refractivity contribution in [2.45, 2.75) is 39.3 Å². The van der Waals surface area contributed by atoms with Crippen LogP contribution >= 0.6 is 0 Å². The average Bonchev–Trinajstić information content (AvgIpc) is 3.38. The van der Waals surface area contributed by atoms with Crippen LogP contribution in [0, 0.1) is 5.92 Å². The van der Waals surface area contributed by atoms with Crippen LogP contribution in [-0.2, 0) is 13.1 Å². The number of ether oxygens (including phenoxy) is 1. The standard InChI is InChI=1S/C19H22N4O3/c1-3-9-21-12-20-17-16(21)18(24)22(11-13-7-8-13)19(25)23(17)14-5-4-6-15(10-14)26-2/h4-6,10,12-13H,3,7-9,11H2,1-2H3. The predicted molar refractivity (Wildman–Crippen MR) is 99.2 cm³/mol. The molecule has 7 nitrogen and oxygen atoms in total. The van der Waals surface area contributed by atoms with E-state index >= 15 is 0 Å². The van der Waals surface area contributed by atoms with E-state index in [0.29, 0.717) is 41.6 Å². The van der Waals surface area contributed by atoms with Crippen LogP contribution in [0.2, 0.25) is 0 Å². The Morgan fingerprint density at radius 1 is 1.27 bits per heavy atom. The summed E-state index contributed by atoms with van der Waals surface area (Å²) in [5.74, 6) is 1.06. The van der Waals surface area contributed by atoms with Gasteiger partial charge in [-0.05, 0) is 37.3 Å². The average molecular weight is 354 g/mol. The van der Waals surface area contributed by atoms with Crippen LogP contribution in [-0.4, -0.2) is 25.8 Å². The van der Waals surface area contributed by atoms with Crippen molar-refractivity contribution in [2.24, 2.45) is 5.92 Å². The zero-order chi connectivity index (χ0) is 18.3. The van der Waals surface area contributed by atoms with Gasteiger partial charge in [-0.3, -0.25) is 9.36 Å². The fraction of sp³-hybridized carbons (Fsp3) is 0.421. The Hall–Kier alpha value is -2.83. The Morgan fingerprint density at radius 3 is 2.77 bits per heavy atom. The van der Waals surface area contributed by atoms with E-state index in [4.69, 9.17) is 4.74 Å². The number of benzene rings is 1. The third-order valence-electron chi connectivity index (χ3n) is 4.81. The number of fused-ring (bicyclic) bond motifs is 1. The highest BCUT2D eigenvalue weighted by Gasteiger charge is 2.26. The third kappa shape index (κ3) is 2.73. The number of nitrogens with zero attached hydrogens (tertiary/aromatic N) is 4. The highest BCUT2D eigenvalue weighted by atomic mass is 16.5. The van der Waals surface area contributed by atoms with E-state index in [9.17, 15) is 9.59 Å². The summed E-state index contributed by atoms with van der Waals surface area (Å²) in [6.45, 7) is 3.20. The maximum absolute atomic E-state index is 13.2. The molecule has 2 aromatic heterocycles. The molecule has 0 saturated heterocycles. The molecule has 3 aromatic rings. The molecule has 1 saturated carbocycles. The monoisotopic (exact) mass is 354 g/mol. The van der Waals surface area contributed by atoms with Crippen LogP contribution in [0.15, 0.2) is 40.2 Å². The van der Waals surface area contributed by atoms with Crippen LogP contribution < -0.4 is 16.0 Å². The van der Waals surface area contributed by atoms with Crippen molar-refractivity contribution in [3.63, 3.8) is 0 Å². The quantitative estimate of drug-likeness (QED) is 0.680. The number of aromatic nitrogens is 4. The van der Waals surface area contributed by atoms with Gasteiger partial charge in [-0.1, -0.05) is 13.0 Å². The summed E-state index contributed by atoms with van der Waals surface area (Å²) in [5.41, 5.74) is 0.931. The minimum Gasteiger partial charge on any atom is -0.497 e. The van der Waals surface area contributed by atoms with Crippen molar-refractivity contribution in [3.05, 3.63) is 51.4 Å². The van der Waals surface area contributed by atoms with E-state index in [2.05, 4.69) is 4.98 Å². The van der Waals surface area contributed by atoms with E-state index in [1.54, 1.807) is 19.5 Å². The second-order valence-electron chi connectivity index (χ2n) is 6.79. The Bertz CT molecular complexity index is 1070. The Kier molecular flexibility index (Phi) is 4.14. The van der Waals surface area contributed by atoms with Gasteiger partial charge < -0.3 is 9.30 Å². The van der Waals surface area contributed by atoms with Crippen molar-refractivity contribution >= 4 is 11.2 Å². The molecule has 26 heavy (non-hydrogen) atoms. The molecule has 0 radical (unpaired) electrons. The second kappa shape index (κ2) is 6.48. The number of hydrogen-bond acceptors (Lipinski definition) is 4. The summed E-state index contributed by atoms with van der Waals surface area (Å²) in [6.07, 6.45) is 4.66. The van der Waals surface area contributed by atoms with Crippen LogP contribution in [0.4, 0.5) is 0 Å². The minimum absolute atomic E-state index is 0.248. The molecule has 2 heterocycles. The van der Waals surface area contributed by atoms with Gasteiger partial charge in [-0.15, -0.1) is 0 Å². The predicted octanol–water partition coefficient (Wildman–Crippen LogP) is 2.18. The van der Waals surface area contributed by atoms with Crippen LogP contribution in [0.1, 0.15) is 26.2 Å². The minimum atomic E-state index is -0.343. The molecule has 0 unspecified atom stereocenters. The molecule has 136 valence electrons. The number of rotatable bonds is 6. The van der Waals surface area contributed by atoms with Gasteiger partial charge in [0.05, 0.1) is 19.1 Å². The zero-order valence-electron chi connectivity index (χ0n) is 15.0. The van der Waals surface area contributed by atoms with Gasteiger partial charge in [0.2, 0.25) is 0 Å². The maximum atomic E-state index is 13.2. The van der Waals surface area contributed by atoms with E-state index < -0.39 is 0 Å². The summed E-state index contributed by atoms with van der Waals surface area (Å²) in [4.78, 5) is 30.6. The topological polar surface area (TPSA) is 71.0 Å². The Balaban J connectivity index is 2.04. The van der Waals surface area contributed by atoms with Gasteiger partial charge in [0.1, 0.15) is 5.75 Å². The summed E-state index contributed by atoms with van der Waals surface area (Å²) in [7, 11) is 1.58. The van der Waals surface area contributed by atoms with Gasteiger partial charge in [0, 0.05) is 19.2 Å². The summed E-state index contributed by atoms with van der Waals surface area (Å²) in [6, 6.07) is 7.26. The lowest BCUT2D eigenvalue weighted by molar-refractivity contribution is 0.414. The lowest BCUT2D eigenvalue weighted by atomic mass is 10.3. The lowest BCUT2D eigenvalue weighted by Crippen LogP contribution is -2.40. The van der Waals surface area contributed by atoms with Crippen LogP contribution in [0.25, 0.3) is 16.9 Å².